The molecule has 0 spiro atoms. The molecule has 1 aliphatic carbocycles. The van der Waals surface area contributed by atoms with Crippen LogP contribution in [0.25, 0.3) is 5.57 Å². The van der Waals surface area contributed by atoms with Crippen LogP contribution in [-0.4, -0.2) is 8.90 Å². The Bertz CT molecular complexity index is 590. The molecule has 2 rings (SSSR count). The molecule has 1 aromatic rings. The summed E-state index contributed by atoms with van der Waals surface area (Å²) in [5.74, 6) is 0. The van der Waals surface area contributed by atoms with Gasteiger partial charge in [-0.3, -0.25) is 0 Å². The van der Waals surface area contributed by atoms with Gasteiger partial charge in [0, 0.05) is 0 Å². The molecule has 2 nitrogen and oxygen atoms in total. The van der Waals surface area contributed by atoms with Crippen LogP contribution in [0.2, 0.25) is 0 Å². The molecule has 0 bridgehead atoms. The van der Waals surface area contributed by atoms with Gasteiger partial charge in [0.25, 0.3) is 0 Å². The molecular weight excluding hydrogens is 401 g/mol. The summed E-state index contributed by atoms with van der Waals surface area (Å²) in [7, 11) is 0. The molecule has 4 N–H and O–H groups in total. The summed E-state index contributed by atoms with van der Waals surface area (Å²) in [6, 6.07) is 5.36. The first-order chi connectivity index (χ1) is 9.05. The lowest BCUT2D eigenvalue weighted by atomic mass is 9.91. The van der Waals surface area contributed by atoms with E-state index in [2.05, 4.69) is 31.9 Å². The lowest BCUT2D eigenvalue weighted by molar-refractivity contribution is -0.137. The van der Waals surface area contributed by atoms with Crippen LogP contribution in [0.1, 0.15) is 11.1 Å². The standard InChI is InChI=1S/C13H11Br2F3N2/c14-11(15)7-8(5-6-12(11,19)20)9-3-1-2-4-10(9)13(16,17)18/h1-7H,19-20H2. The van der Waals surface area contributed by atoms with Gasteiger partial charge in [0.1, 0.15) is 8.90 Å². The molecule has 0 unspecified atom stereocenters. The van der Waals surface area contributed by atoms with Gasteiger partial charge in [0.15, 0.2) is 0 Å². The molecule has 0 saturated carbocycles. The lowest BCUT2D eigenvalue weighted by Gasteiger charge is -2.36. The van der Waals surface area contributed by atoms with E-state index in [1.807, 2.05) is 0 Å². The summed E-state index contributed by atoms with van der Waals surface area (Å²) >= 11 is 6.57. The second-order valence-electron chi connectivity index (χ2n) is 4.53. The molecule has 0 aliphatic heterocycles. The van der Waals surface area contributed by atoms with E-state index in [0.29, 0.717) is 5.57 Å². The second kappa shape index (κ2) is 4.98. The minimum absolute atomic E-state index is 0.0787. The SMILES string of the molecule is NC1(N)C=CC(c2ccccc2C(F)(F)F)=CC1(Br)Br. The number of hydrogen-bond donors (Lipinski definition) is 2. The zero-order chi connectivity index (χ0) is 15.2. The Labute approximate surface area is 131 Å². The van der Waals surface area contributed by atoms with Crippen LogP contribution in [0.4, 0.5) is 13.2 Å². The van der Waals surface area contributed by atoms with Crippen LogP contribution in [0.15, 0.2) is 42.5 Å². The largest absolute Gasteiger partial charge is 0.417 e. The van der Waals surface area contributed by atoms with Gasteiger partial charge in [-0.05, 0) is 29.4 Å². The fraction of sp³-hybridized carbons (Fsp3) is 0.231. The molecule has 0 radical (unpaired) electrons. The van der Waals surface area contributed by atoms with Gasteiger partial charge in [0.05, 0.1) is 5.56 Å². The normalized spacial score (nSPS) is 20.6. The van der Waals surface area contributed by atoms with E-state index in [-0.39, 0.29) is 5.56 Å². The van der Waals surface area contributed by atoms with Crippen LogP contribution in [0.3, 0.4) is 0 Å². The molecule has 0 aromatic heterocycles. The van der Waals surface area contributed by atoms with Crippen molar-refractivity contribution in [2.24, 2.45) is 11.5 Å². The van der Waals surface area contributed by atoms with E-state index >= 15 is 0 Å². The Hall–Kier alpha value is -0.630. The summed E-state index contributed by atoms with van der Waals surface area (Å²) in [5.41, 5.74) is 10.2. The number of halogens is 5. The first-order valence-electron chi connectivity index (χ1n) is 5.59. The summed E-state index contributed by atoms with van der Waals surface area (Å²) in [6.45, 7) is 0. The molecule has 108 valence electrons. The molecule has 0 fully saturated rings. The van der Waals surface area contributed by atoms with E-state index in [9.17, 15) is 13.2 Å². The molecule has 0 amide bonds. The van der Waals surface area contributed by atoms with Gasteiger partial charge in [-0.2, -0.15) is 13.2 Å². The molecule has 1 aliphatic rings. The highest BCUT2D eigenvalue weighted by molar-refractivity contribution is 9.25. The van der Waals surface area contributed by atoms with Gasteiger partial charge >= 0.3 is 6.18 Å². The smallest absolute Gasteiger partial charge is 0.308 e. The Morgan fingerprint density at radius 3 is 2.20 bits per heavy atom. The van der Waals surface area contributed by atoms with Crippen molar-refractivity contribution in [2.75, 3.05) is 0 Å². The predicted octanol–water partition coefficient (Wildman–Crippen LogP) is 3.76. The third-order valence-electron chi connectivity index (χ3n) is 3.00. The van der Waals surface area contributed by atoms with Gasteiger partial charge in [-0.25, -0.2) is 0 Å². The number of hydrogen-bond acceptors (Lipinski definition) is 2. The zero-order valence-corrected chi connectivity index (χ0v) is 13.3. The maximum Gasteiger partial charge on any atom is 0.417 e. The molecular formula is C13H11Br2F3N2. The molecule has 0 atom stereocenters. The monoisotopic (exact) mass is 410 g/mol. The first kappa shape index (κ1) is 15.8. The number of benzene rings is 1. The quantitative estimate of drug-likeness (QED) is 0.546. The van der Waals surface area contributed by atoms with Crippen molar-refractivity contribution in [3.05, 3.63) is 53.6 Å². The highest BCUT2D eigenvalue weighted by atomic mass is 79.9. The lowest BCUT2D eigenvalue weighted by Crippen LogP contribution is -2.60. The van der Waals surface area contributed by atoms with Crippen molar-refractivity contribution in [1.82, 2.24) is 0 Å². The van der Waals surface area contributed by atoms with Crippen molar-refractivity contribution >= 4 is 37.4 Å². The minimum atomic E-state index is -4.42. The van der Waals surface area contributed by atoms with Crippen molar-refractivity contribution in [3.8, 4) is 0 Å². The van der Waals surface area contributed by atoms with Crippen LogP contribution >= 0.6 is 31.9 Å². The number of allylic oxidation sites excluding steroid dienone is 2. The van der Waals surface area contributed by atoms with E-state index in [1.54, 1.807) is 6.07 Å². The van der Waals surface area contributed by atoms with E-state index in [0.717, 1.165) is 6.07 Å². The predicted molar refractivity (Wildman–Crippen MR) is 80.3 cm³/mol. The molecule has 0 saturated heterocycles. The first-order valence-corrected chi connectivity index (χ1v) is 7.17. The summed E-state index contributed by atoms with van der Waals surface area (Å²) in [5, 5.41) is 0. The number of nitrogens with two attached hydrogens (primary N) is 2. The average molecular weight is 412 g/mol. The number of rotatable bonds is 1. The van der Waals surface area contributed by atoms with Gasteiger partial charge < -0.3 is 11.5 Å². The number of alkyl halides is 5. The Morgan fingerprint density at radius 1 is 1.05 bits per heavy atom. The average Bonchev–Trinajstić information content (AvgIpc) is 2.32. The minimum Gasteiger partial charge on any atom is -0.308 e. The van der Waals surface area contributed by atoms with Gasteiger partial charge in [-0.15, -0.1) is 0 Å². The van der Waals surface area contributed by atoms with E-state index in [4.69, 9.17) is 11.5 Å². The Morgan fingerprint density at radius 2 is 1.65 bits per heavy atom. The van der Waals surface area contributed by atoms with Crippen molar-refractivity contribution in [1.29, 1.82) is 0 Å². The van der Waals surface area contributed by atoms with Crippen LogP contribution in [-0.2, 0) is 6.18 Å². The van der Waals surface area contributed by atoms with E-state index < -0.39 is 20.6 Å². The maximum atomic E-state index is 13.0. The summed E-state index contributed by atoms with van der Waals surface area (Å²) in [6.07, 6.45) is 0.0500. The third kappa shape index (κ3) is 2.86. The molecule has 7 heteroatoms. The zero-order valence-electron chi connectivity index (χ0n) is 10.1. The van der Waals surface area contributed by atoms with Gasteiger partial charge in [-0.1, -0.05) is 56.1 Å². The third-order valence-corrected chi connectivity index (χ3v) is 4.83. The van der Waals surface area contributed by atoms with Crippen LogP contribution < -0.4 is 11.5 Å². The maximum absolute atomic E-state index is 13.0. The topological polar surface area (TPSA) is 52.0 Å². The molecule has 0 heterocycles. The van der Waals surface area contributed by atoms with Crippen molar-refractivity contribution < 1.29 is 13.2 Å². The van der Waals surface area contributed by atoms with Crippen molar-refractivity contribution in [3.63, 3.8) is 0 Å². The highest BCUT2D eigenvalue weighted by Gasteiger charge is 2.42. The summed E-state index contributed by atoms with van der Waals surface area (Å²) < 4.78 is 38.1. The fourth-order valence-electron chi connectivity index (χ4n) is 1.86. The second-order valence-corrected chi connectivity index (χ2v) is 8.10. The highest BCUT2D eigenvalue weighted by Crippen LogP contribution is 2.43. The molecule has 20 heavy (non-hydrogen) atoms. The summed E-state index contributed by atoms with van der Waals surface area (Å²) in [4.78, 5) is 0. The molecule has 1 aromatic carbocycles. The Kier molecular flexibility index (Phi) is 3.92. The van der Waals surface area contributed by atoms with Crippen molar-refractivity contribution in [2.45, 2.75) is 15.1 Å². The van der Waals surface area contributed by atoms with Crippen LogP contribution in [0, 0.1) is 0 Å². The van der Waals surface area contributed by atoms with Gasteiger partial charge in [0.2, 0.25) is 0 Å². The fourth-order valence-corrected chi connectivity index (χ4v) is 2.61. The Balaban J connectivity index is 2.55. The van der Waals surface area contributed by atoms with E-state index in [1.165, 1.54) is 30.4 Å². The van der Waals surface area contributed by atoms with Crippen LogP contribution in [0.5, 0.6) is 0 Å².